The molecule has 0 heterocycles. The third-order valence-electron chi connectivity index (χ3n) is 4.35. The van der Waals surface area contributed by atoms with Crippen molar-refractivity contribution < 1.29 is 9.47 Å². The molecule has 0 aliphatic rings. The van der Waals surface area contributed by atoms with Crippen molar-refractivity contribution in [3.63, 3.8) is 0 Å². The van der Waals surface area contributed by atoms with Crippen LogP contribution in [-0.2, 0) is 0 Å². The fourth-order valence-electron chi connectivity index (χ4n) is 3.13. The van der Waals surface area contributed by atoms with Gasteiger partial charge in [-0.1, -0.05) is 68.4 Å². The Morgan fingerprint density at radius 2 is 1.15 bits per heavy atom. The van der Waals surface area contributed by atoms with Crippen molar-refractivity contribution in [2.45, 2.75) is 26.7 Å². The first kappa shape index (κ1) is 19.5. The number of rotatable bonds is 8. The number of benzene rings is 3. The van der Waals surface area contributed by atoms with E-state index in [1.165, 1.54) is 5.56 Å². The van der Waals surface area contributed by atoms with Crippen molar-refractivity contribution in [2.24, 2.45) is 0 Å². The van der Waals surface area contributed by atoms with Gasteiger partial charge in [0.05, 0.1) is 13.2 Å². The zero-order valence-corrected chi connectivity index (χ0v) is 17.2. The number of ether oxygens (including phenoxy) is 2. The van der Waals surface area contributed by atoms with Gasteiger partial charge in [-0.15, -0.1) is 9.24 Å². The van der Waals surface area contributed by atoms with Gasteiger partial charge < -0.3 is 9.47 Å². The summed E-state index contributed by atoms with van der Waals surface area (Å²) in [5.74, 6) is 1.84. The Labute approximate surface area is 164 Å². The van der Waals surface area contributed by atoms with Crippen molar-refractivity contribution in [3.8, 4) is 33.8 Å². The molecular formula is C24H27O2P. The molecule has 0 amide bonds. The van der Waals surface area contributed by atoms with E-state index in [4.69, 9.17) is 9.47 Å². The van der Waals surface area contributed by atoms with E-state index in [0.29, 0.717) is 13.2 Å². The highest BCUT2D eigenvalue weighted by molar-refractivity contribution is 7.28. The molecule has 1 atom stereocenters. The maximum Gasteiger partial charge on any atom is 0.127 e. The second kappa shape index (κ2) is 9.58. The highest BCUT2D eigenvalue weighted by atomic mass is 31.0. The maximum absolute atomic E-state index is 6.04. The van der Waals surface area contributed by atoms with Crippen LogP contribution in [0.4, 0.5) is 0 Å². The monoisotopic (exact) mass is 378 g/mol. The van der Waals surface area contributed by atoms with Gasteiger partial charge in [0, 0.05) is 16.7 Å². The van der Waals surface area contributed by atoms with Crippen LogP contribution >= 0.6 is 9.24 Å². The molecule has 0 aromatic heterocycles. The minimum Gasteiger partial charge on any atom is -0.493 e. The largest absolute Gasteiger partial charge is 0.493 e. The van der Waals surface area contributed by atoms with Gasteiger partial charge in [-0.25, -0.2) is 0 Å². The lowest BCUT2D eigenvalue weighted by molar-refractivity contribution is 0.318. The topological polar surface area (TPSA) is 18.5 Å². The van der Waals surface area contributed by atoms with Crippen LogP contribution in [0.5, 0.6) is 11.5 Å². The standard InChI is InChI=1S/C24H27O2P/c1-3-16-25-21-13-7-5-10-18(21)19-12-9-15-23(27)24(19)20-11-6-8-14-22(20)26-17-4-2/h5-15H,3-4,16-17,27H2,1-2H3. The minimum absolute atomic E-state index is 0.710. The van der Waals surface area contributed by atoms with Gasteiger partial charge >= 0.3 is 0 Å². The fourth-order valence-corrected chi connectivity index (χ4v) is 3.56. The quantitative estimate of drug-likeness (QED) is 0.441. The van der Waals surface area contributed by atoms with E-state index in [1.54, 1.807) is 0 Å². The summed E-state index contributed by atoms with van der Waals surface area (Å²) in [6.07, 6.45) is 1.97. The molecule has 0 fully saturated rings. The first-order chi connectivity index (χ1) is 13.3. The molecule has 1 unspecified atom stereocenters. The summed E-state index contributed by atoms with van der Waals surface area (Å²) in [5.41, 5.74) is 4.54. The SMILES string of the molecule is CCCOc1ccccc1-c1cccc(P)c1-c1ccccc1OCCC. The van der Waals surface area contributed by atoms with Gasteiger partial charge in [0.25, 0.3) is 0 Å². The predicted molar refractivity (Wildman–Crippen MR) is 118 cm³/mol. The van der Waals surface area contributed by atoms with Crippen LogP contribution in [-0.4, -0.2) is 13.2 Å². The Balaban J connectivity index is 2.16. The van der Waals surface area contributed by atoms with Gasteiger partial charge in [-0.05, 0) is 35.8 Å². The molecule has 3 heteroatoms. The average Bonchev–Trinajstić information content (AvgIpc) is 2.71. The molecule has 0 saturated heterocycles. The molecule has 27 heavy (non-hydrogen) atoms. The summed E-state index contributed by atoms with van der Waals surface area (Å²) >= 11 is 0. The third kappa shape index (κ3) is 4.51. The second-order valence-corrected chi connectivity index (χ2v) is 7.08. The summed E-state index contributed by atoms with van der Waals surface area (Å²) in [6, 6.07) is 22.9. The van der Waals surface area contributed by atoms with Crippen molar-refractivity contribution in [1.82, 2.24) is 0 Å². The number of hydrogen-bond acceptors (Lipinski definition) is 2. The van der Waals surface area contributed by atoms with E-state index < -0.39 is 0 Å². The van der Waals surface area contributed by atoms with Crippen LogP contribution in [0.1, 0.15) is 26.7 Å². The highest BCUT2D eigenvalue weighted by Gasteiger charge is 2.16. The van der Waals surface area contributed by atoms with E-state index in [0.717, 1.165) is 46.3 Å². The van der Waals surface area contributed by atoms with Crippen molar-refractivity contribution in [1.29, 1.82) is 0 Å². The van der Waals surface area contributed by atoms with Gasteiger partial charge in [0.1, 0.15) is 11.5 Å². The van der Waals surface area contributed by atoms with Crippen LogP contribution in [0.2, 0.25) is 0 Å². The predicted octanol–water partition coefficient (Wildman–Crippen LogP) is 6.10. The molecule has 0 N–H and O–H groups in total. The average molecular weight is 378 g/mol. The van der Waals surface area contributed by atoms with E-state index in [9.17, 15) is 0 Å². The van der Waals surface area contributed by atoms with Crippen molar-refractivity contribution in [2.75, 3.05) is 13.2 Å². The molecule has 3 rings (SSSR count). The minimum atomic E-state index is 0.710. The molecule has 0 radical (unpaired) electrons. The van der Waals surface area contributed by atoms with Crippen molar-refractivity contribution >= 4 is 14.5 Å². The zero-order valence-electron chi connectivity index (χ0n) is 16.1. The summed E-state index contributed by atoms with van der Waals surface area (Å²) in [4.78, 5) is 0. The smallest absolute Gasteiger partial charge is 0.127 e. The molecule has 0 saturated carbocycles. The normalized spacial score (nSPS) is 10.6. The van der Waals surface area contributed by atoms with Crippen LogP contribution in [0.3, 0.4) is 0 Å². The molecule has 3 aromatic carbocycles. The third-order valence-corrected chi connectivity index (χ3v) is 4.83. The molecule has 0 spiro atoms. The number of hydrogen-bond donors (Lipinski definition) is 0. The van der Waals surface area contributed by atoms with Crippen LogP contribution < -0.4 is 14.8 Å². The molecule has 3 aromatic rings. The van der Waals surface area contributed by atoms with E-state index >= 15 is 0 Å². The molecule has 0 bridgehead atoms. The molecular weight excluding hydrogens is 351 g/mol. The second-order valence-electron chi connectivity index (χ2n) is 6.46. The lowest BCUT2D eigenvalue weighted by Crippen LogP contribution is -2.04. The van der Waals surface area contributed by atoms with Crippen LogP contribution in [0, 0.1) is 0 Å². The van der Waals surface area contributed by atoms with Gasteiger partial charge in [-0.3, -0.25) is 0 Å². The Morgan fingerprint density at radius 1 is 0.630 bits per heavy atom. The van der Waals surface area contributed by atoms with Crippen LogP contribution in [0.15, 0.2) is 66.7 Å². The van der Waals surface area contributed by atoms with E-state index in [-0.39, 0.29) is 0 Å². The zero-order chi connectivity index (χ0) is 19.1. The number of para-hydroxylation sites is 2. The maximum atomic E-state index is 6.04. The van der Waals surface area contributed by atoms with E-state index in [1.807, 2.05) is 24.3 Å². The Bertz CT molecular complexity index is 889. The Morgan fingerprint density at radius 3 is 1.78 bits per heavy atom. The first-order valence-corrected chi connectivity index (χ1v) is 10.2. The van der Waals surface area contributed by atoms with Gasteiger partial charge in [0.2, 0.25) is 0 Å². The van der Waals surface area contributed by atoms with E-state index in [2.05, 4.69) is 65.6 Å². The summed E-state index contributed by atoms with van der Waals surface area (Å²) in [7, 11) is 2.87. The van der Waals surface area contributed by atoms with Crippen molar-refractivity contribution in [3.05, 3.63) is 66.7 Å². The molecule has 0 aliphatic heterocycles. The first-order valence-electron chi connectivity index (χ1n) is 9.59. The lowest BCUT2D eigenvalue weighted by atomic mass is 9.93. The lowest BCUT2D eigenvalue weighted by Gasteiger charge is -2.19. The Kier molecular flexibility index (Phi) is 6.90. The molecule has 0 aliphatic carbocycles. The fraction of sp³-hybridized carbons (Fsp3) is 0.250. The van der Waals surface area contributed by atoms with Gasteiger partial charge in [0.15, 0.2) is 0 Å². The van der Waals surface area contributed by atoms with Crippen LogP contribution in [0.25, 0.3) is 22.3 Å². The highest BCUT2D eigenvalue weighted by Crippen LogP contribution is 2.40. The summed E-state index contributed by atoms with van der Waals surface area (Å²) < 4.78 is 12.1. The Hall–Kier alpha value is -2.31. The summed E-state index contributed by atoms with van der Waals surface area (Å²) in [6.45, 7) is 5.67. The summed E-state index contributed by atoms with van der Waals surface area (Å²) in [5, 5.41) is 1.14. The molecule has 2 nitrogen and oxygen atoms in total. The molecule has 140 valence electrons. The van der Waals surface area contributed by atoms with Gasteiger partial charge in [-0.2, -0.15) is 0 Å².